The number of benzene rings is 1. The summed E-state index contributed by atoms with van der Waals surface area (Å²) in [6, 6.07) is 4.09. The Morgan fingerprint density at radius 1 is 1.41 bits per heavy atom. The number of esters is 1. The van der Waals surface area contributed by atoms with Crippen LogP contribution in [0.2, 0.25) is 0 Å². The highest BCUT2D eigenvalue weighted by Gasteiger charge is 2.31. The maximum Gasteiger partial charge on any atom is 0.305 e. The molecule has 0 unspecified atom stereocenters. The Morgan fingerprint density at radius 3 is 2.59 bits per heavy atom. The normalized spacial score (nSPS) is 11.5. The minimum absolute atomic E-state index is 0.0585. The fourth-order valence-corrected chi connectivity index (χ4v) is 3.50. The predicted molar refractivity (Wildman–Crippen MR) is 78.9 cm³/mol. The van der Waals surface area contributed by atoms with Crippen LogP contribution in [-0.2, 0) is 19.6 Å². The lowest BCUT2D eigenvalue weighted by atomic mass is 10.2. The van der Waals surface area contributed by atoms with Crippen LogP contribution < -0.4 is 0 Å². The molecule has 0 saturated carbocycles. The van der Waals surface area contributed by atoms with E-state index in [1.54, 1.807) is 0 Å². The number of sulfonamides is 1. The van der Waals surface area contributed by atoms with Gasteiger partial charge in [0.2, 0.25) is 10.0 Å². The molecule has 1 aromatic carbocycles. The highest BCUT2D eigenvalue weighted by Crippen LogP contribution is 2.29. The van der Waals surface area contributed by atoms with Crippen molar-refractivity contribution < 1.29 is 22.9 Å². The number of aryl methyl sites for hydroxylation is 1. The second-order valence-corrected chi connectivity index (χ2v) is 6.67. The van der Waals surface area contributed by atoms with Gasteiger partial charge in [0.25, 0.3) is 5.69 Å². The van der Waals surface area contributed by atoms with Crippen molar-refractivity contribution >= 4 is 21.7 Å². The number of nitro benzene ring substituents is 1. The lowest BCUT2D eigenvalue weighted by Crippen LogP contribution is -2.29. The van der Waals surface area contributed by atoms with Crippen LogP contribution in [0.4, 0.5) is 5.69 Å². The maximum absolute atomic E-state index is 12.5. The van der Waals surface area contributed by atoms with Crippen LogP contribution in [0.25, 0.3) is 0 Å². The van der Waals surface area contributed by atoms with E-state index in [0.29, 0.717) is 5.56 Å². The first-order valence-electron chi connectivity index (χ1n) is 6.49. The molecule has 0 N–H and O–H groups in total. The van der Waals surface area contributed by atoms with Gasteiger partial charge in [0.05, 0.1) is 12.0 Å². The van der Waals surface area contributed by atoms with Crippen LogP contribution in [0.3, 0.4) is 0 Å². The van der Waals surface area contributed by atoms with Gasteiger partial charge in [0, 0.05) is 26.1 Å². The third-order valence-corrected chi connectivity index (χ3v) is 5.19. The first-order valence-corrected chi connectivity index (χ1v) is 7.93. The number of nitrogens with zero attached hydrogens (tertiary/aromatic N) is 2. The molecule has 0 amide bonds. The molecule has 0 aliphatic carbocycles. The Morgan fingerprint density at radius 2 is 2.05 bits per heavy atom. The Balaban J connectivity index is 3.04. The number of ether oxygens (including phenoxy) is 1. The summed E-state index contributed by atoms with van der Waals surface area (Å²) < 4.78 is 30.5. The second-order valence-electron chi connectivity index (χ2n) is 4.69. The standard InChI is InChI=1S/C13H18N2O6S/c1-10-6-4-7-11(15(17)18)13(10)22(19,20)14(2)9-5-8-12(16)21-3/h4,6-7H,5,8-9H2,1-3H3. The van der Waals surface area contributed by atoms with Gasteiger partial charge in [-0.05, 0) is 18.9 Å². The molecule has 0 spiro atoms. The average Bonchev–Trinajstić information content (AvgIpc) is 2.46. The number of carbonyl (C=O) groups excluding carboxylic acids is 1. The third-order valence-electron chi connectivity index (χ3n) is 3.14. The summed E-state index contributed by atoms with van der Waals surface area (Å²) in [5.41, 5.74) is -0.158. The highest BCUT2D eigenvalue weighted by atomic mass is 32.2. The molecule has 0 aliphatic rings. The zero-order valence-electron chi connectivity index (χ0n) is 12.6. The van der Waals surface area contributed by atoms with E-state index in [-0.39, 0.29) is 24.3 Å². The topological polar surface area (TPSA) is 107 Å². The van der Waals surface area contributed by atoms with Gasteiger partial charge in [-0.1, -0.05) is 12.1 Å². The van der Waals surface area contributed by atoms with Crippen LogP contribution in [0.5, 0.6) is 0 Å². The van der Waals surface area contributed by atoms with E-state index >= 15 is 0 Å². The molecule has 1 rings (SSSR count). The van der Waals surface area contributed by atoms with E-state index < -0.39 is 26.6 Å². The summed E-state index contributed by atoms with van der Waals surface area (Å²) in [7, 11) is -1.44. The summed E-state index contributed by atoms with van der Waals surface area (Å²) in [5.74, 6) is -0.437. The Labute approximate surface area is 128 Å². The number of hydrogen-bond donors (Lipinski definition) is 0. The molecule has 122 valence electrons. The Kier molecular flexibility index (Phi) is 6.01. The van der Waals surface area contributed by atoms with Crippen LogP contribution in [0, 0.1) is 17.0 Å². The lowest BCUT2D eigenvalue weighted by Gasteiger charge is -2.18. The molecule has 22 heavy (non-hydrogen) atoms. The minimum Gasteiger partial charge on any atom is -0.469 e. The monoisotopic (exact) mass is 330 g/mol. The summed E-state index contributed by atoms with van der Waals surface area (Å²) in [6.45, 7) is 1.56. The van der Waals surface area contributed by atoms with E-state index in [1.807, 2.05) is 0 Å². The highest BCUT2D eigenvalue weighted by molar-refractivity contribution is 7.89. The predicted octanol–water partition coefficient (Wildman–Crippen LogP) is 1.48. The molecular formula is C13H18N2O6S. The van der Waals surface area contributed by atoms with Crippen molar-refractivity contribution in [3.8, 4) is 0 Å². The van der Waals surface area contributed by atoms with E-state index in [0.717, 1.165) is 10.4 Å². The number of nitro groups is 1. The molecule has 1 aromatic rings. The molecule has 9 heteroatoms. The fourth-order valence-electron chi connectivity index (χ4n) is 1.94. The SMILES string of the molecule is COC(=O)CCCN(C)S(=O)(=O)c1c(C)cccc1[N+](=O)[O-]. The first kappa shape index (κ1) is 18.1. The molecule has 0 aliphatic heterocycles. The number of carbonyl (C=O) groups is 1. The smallest absolute Gasteiger partial charge is 0.305 e. The van der Waals surface area contributed by atoms with Gasteiger partial charge in [-0.3, -0.25) is 14.9 Å². The van der Waals surface area contributed by atoms with Crippen molar-refractivity contribution in [2.24, 2.45) is 0 Å². The largest absolute Gasteiger partial charge is 0.469 e. The van der Waals surface area contributed by atoms with Crippen LogP contribution >= 0.6 is 0 Å². The minimum atomic E-state index is -4.01. The van der Waals surface area contributed by atoms with Gasteiger partial charge in [-0.15, -0.1) is 0 Å². The summed E-state index contributed by atoms with van der Waals surface area (Å²) in [5, 5.41) is 11.0. The van der Waals surface area contributed by atoms with E-state index in [9.17, 15) is 23.3 Å². The van der Waals surface area contributed by atoms with Crippen molar-refractivity contribution in [1.82, 2.24) is 4.31 Å². The Hall–Kier alpha value is -2.00. The molecule has 0 bridgehead atoms. The molecule has 0 heterocycles. The fraction of sp³-hybridized carbons (Fsp3) is 0.462. The van der Waals surface area contributed by atoms with E-state index in [4.69, 9.17) is 0 Å². The third kappa shape index (κ3) is 4.01. The van der Waals surface area contributed by atoms with Gasteiger partial charge in [0.15, 0.2) is 4.90 Å². The van der Waals surface area contributed by atoms with Gasteiger partial charge in [-0.25, -0.2) is 12.7 Å². The van der Waals surface area contributed by atoms with E-state index in [1.165, 1.54) is 33.2 Å². The van der Waals surface area contributed by atoms with Crippen molar-refractivity contribution in [3.05, 3.63) is 33.9 Å². The van der Waals surface area contributed by atoms with Crippen LogP contribution in [-0.4, -0.2) is 44.3 Å². The molecule has 0 saturated heterocycles. The maximum atomic E-state index is 12.5. The number of rotatable bonds is 7. The van der Waals surface area contributed by atoms with Crippen molar-refractivity contribution in [2.45, 2.75) is 24.7 Å². The average molecular weight is 330 g/mol. The lowest BCUT2D eigenvalue weighted by molar-refractivity contribution is -0.387. The molecule has 0 aromatic heterocycles. The van der Waals surface area contributed by atoms with Crippen molar-refractivity contribution in [3.63, 3.8) is 0 Å². The molecule has 0 radical (unpaired) electrons. The Bertz CT molecular complexity index is 671. The number of methoxy groups -OCH3 is 1. The summed E-state index contributed by atoms with van der Waals surface area (Å²) in [6.07, 6.45) is 0.342. The van der Waals surface area contributed by atoms with Gasteiger partial charge in [0.1, 0.15) is 0 Å². The molecule has 0 atom stereocenters. The van der Waals surface area contributed by atoms with Crippen LogP contribution in [0.15, 0.2) is 23.1 Å². The van der Waals surface area contributed by atoms with Crippen molar-refractivity contribution in [2.75, 3.05) is 20.7 Å². The van der Waals surface area contributed by atoms with Gasteiger partial charge in [-0.2, -0.15) is 0 Å². The first-order chi connectivity index (χ1) is 10.2. The zero-order valence-corrected chi connectivity index (χ0v) is 13.4. The van der Waals surface area contributed by atoms with Crippen molar-refractivity contribution in [1.29, 1.82) is 0 Å². The molecular weight excluding hydrogens is 312 g/mol. The van der Waals surface area contributed by atoms with E-state index in [2.05, 4.69) is 4.74 Å². The quantitative estimate of drug-likeness (QED) is 0.426. The number of hydrogen-bond acceptors (Lipinski definition) is 6. The zero-order chi connectivity index (χ0) is 16.9. The van der Waals surface area contributed by atoms with Gasteiger partial charge >= 0.3 is 5.97 Å². The van der Waals surface area contributed by atoms with Gasteiger partial charge < -0.3 is 4.74 Å². The van der Waals surface area contributed by atoms with Crippen LogP contribution in [0.1, 0.15) is 18.4 Å². The molecule has 0 fully saturated rings. The summed E-state index contributed by atoms with van der Waals surface area (Å²) >= 11 is 0. The summed E-state index contributed by atoms with van der Waals surface area (Å²) in [4.78, 5) is 21.0. The molecule has 8 nitrogen and oxygen atoms in total. The second kappa shape index (κ2) is 7.32.